The Morgan fingerprint density at radius 1 is 1.26 bits per heavy atom. The van der Waals surface area contributed by atoms with E-state index in [0.717, 1.165) is 46.6 Å². The van der Waals surface area contributed by atoms with Crippen molar-refractivity contribution in [1.82, 2.24) is 20.1 Å². The molecule has 2 aromatic rings. The summed E-state index contributed by atoms with van der Waals surface area (Å²) in [5.41, 5.74) is 1.15. The number of rotatable bonds is 9. The highest BCUT2D eigenvalue weighted by molar-refractivity contribution is 7.98. The van der Waals surface area contributed by atoms with Gasteiger partial charge in [0, 0.05) is 37.8 Å². The van der Waals surface area contributed by atoms with Crippen LogP contribution in [0.2, 0.25) is 5.02 Å². The van der Waals surface area contributed by atoms with Crippen molar-refractivity contribution in [1.29, 1.82) is 0 Å². The molecule has 0 atom stereocenters. The number of carbonyl (C=O) groups excluding carboxylic acids is 1. The summed E-state index contributed by atoms with van der Waals surface area (Å²) in [5.74, 6) is 1.63. The fourth-order valence-electron chi connectivity index (χ4n) is 1.84. The van der Waals surface area contributed by atoms with Crippen molar-refractivity contribution in [2.75, 3.05) is 27.8 Å². The number of aryl methyl sites for hydroxylation is 1. The number of nitrogens with one attached hydrogen (secondary N) is 1. The van der Waals surface area contributed by atoms with Crippen molar-refractivity contribution in [2.24, 2.45) is 7.05 Å². The monoisotopic (exact) mass is 512 g/mol. The highest BCUT2D eigenvalue weighted by Crippen LogP contribution is 2.22. The summed E-state index contributed by atoms with van der Waals surface area (Å²) in [6, 6.07) is 7.76. The van der Waals surface area contributed by atoms with E-state index >= 15 is 0 Å². The van der Waals surface area contributed by atoms with Gasteiger partial charge >= 0.3 is 0 Å². The Morgan fingerprint density at radius 2 is 1.88 bits per heavy atom. The molecule has 0 bridgehead atoms. The molecule has 0 aliphatic rings. The number of allylic oxidation sites excluding steroid dienone is 2. The first-order valence-electron chi connectivity index (χ1n) is 11.4. The molecule has 1 N–H and O–H groups in total. The van der Waals surface area contributed by atoms with E-state index in [1.165, 1.54) is 0 Å². The van der Waals surface area contributed by atoms with Gasteiger partial charge in [-0.1, -0.05) is 74.5 Å². The van der Waals surface area contributed by atoms with Gasteiger partial charge in [0.2, 0.25) is 0 Å². The molecule has 1 aromatic carbocycles. The Labute approximate surface area is 217 Å². The SMILES string of the molecule is C/C=C\COC.C=CCC.CC.CNC.Cn1c(CCC=O)nnc1SCc1cccc(Cl)c1. The highest BCUT2D eigenvalue weighted by atomic mass is 35.5. The molecule has 2 rings (SSSR count). The first-order valence-corrected chi connectivity index (χ1v) is 12.8. The summed E-state index contributed by atoms with van der Waals surface area (Å²) in [5, 5.41) is 12.6. The van der Waals surface area contributed by atoms with Crippen LogP contribution in [0.1, 0.15) is 51.9 Å². The minimum absolute atomic E-state index is 0.477. The molecule has 34 heavy (non-hydrogen) atoms. The fraction of sp³-hybridized carbons (Fsp3) is 0.500. The molecular formula is C26H45ClN4O2S. The third kappa shape index (κ3) is 21.9. The molecule has 194 valence electrons. The van der Waals surface area contributed by atoms with Gasteiger partial charge in [-0.2, -0.15) is 0 Å². The molecule has 1 aromatic heterocycles. The summed E-state index contributed by atoms with van der Waals surface area (Å²) < 4.78 is 6.62. The number of thioether (sulfide) groups is 1. The smallest absolute Gasteiger partial charge is 0.191 e. The number of methoxy groups -OCH3 is 1. The zero-order valence-electron chi connectivity index (χ0n) is 22.3. The number of benzene rings is 1. The summed E-state index contributed by atoms with van der Waals surface area (Å²) in [6.07, 6.45) is 8.88. The second kappa shape index (κ2) is 29.1. The van der Waals surface area contributed by atoms with Gasteiger partial charge in [0.1, 0.15) is 12.1 Å². The molecule has 0 aliphatic heterocycles. The van der Waals surface area contributed by atoms with Gasteiger partial charge in [0.25, 0.3) is 0 Å². The lowest BCUT2D eigenvalue weighted by Crippen LogP contribution is -1.99. The molecule has 8 heteroatoms. The minimum Gasteiger partial charge on any atom is -0.381 e. The maximum atomic E-state index is 10.4. The Balaban J connectivity index is -0.000000529. The molecule has 0 unspecified atom stereocenters. The molecule has 0 radical (unpaired) electrons. The minimum atomic E-state index is 0.477. The number of halogens is 1. The van der Waals surface area contributed by atoms with Gasteiger partial charge in [0.15, 0.2) is 5.16 Å². The molecule has 0 saturated carbocycles. The first-order chi connectivity index (χ1) is 16.4. The molecule has 0 spiro atoms. The highest BCUT2D eigenvalue weighted by Gasteiger charge is 2.09. The van der Waals surface area contributed by atoms with Crippen LogP contribution in [0, 0.1) is 0 Å². The predicted octanol–water partition coefficient (Wildman–Crippen LogP) is 6.55. The van der Waals surface area contributed by atoms with Crippen LogP contribution in [0.4, 0.5) is 0 Å². The maximum absolute atomic E-state index is 10.4. The van der Waals surface area contributed by atoms with E-state index in [4.69, 9.17) is 16.3 Å². The molecule has 0 fully saturated rings. The summed E-state index contributed by atoms with van der Waals surface area (Å²) in [6.45, 7) is 12.2. The van der Waals surface area contributed by atoms with E-state index in [0.29, 0.717) is 12.8 Å². The lowest BCUT2D eigenvalue weighted by molar-refractivity contribution is -0.107. The summed E-state index contributed by atoms with van der Waals surface area (Å²) in [7, 11) is 7.35. The molecule has 0 amide bonds. The quantitative estimate of drug-likeness (QED) is 0.233. The third-order valence-corrected chi connectivity index (χ3v) is 4.78. The maximum Gasteiger partial charge on any atom is 0.191 e. The third-order valence-electron chi connectivity index (χ3n) is 3.46. The lowest BCUT2D eigenvalue weighted by atomic mass is 10.2. The van der Waals surface area contributed by atoms with Gasteiger partial charge < -0.3 is 19.4 Å². The van der Waals surface area contributed by atoms with E-state index in [1.807, 2.05) is 89.0 Å². The first kappa shape index (κ1) is 36.6. The van der Waals surface area contributed by atoms with Crippen LogP contribution in [0.25, 0.3) is 0 Å². The van der Waals surface area contributed by atoms with Gasteiger partial charge in [-0.15, -0.1) is 16.8 Å². The number of hydrogen-bond acceptors (Lipinski definition) is 6. The van der Waals surface area contributed by atoms with Crippen LogP contribution in [0.3, 0.4) is 0 Å². The average Bonchev–Trinajstić information content (AvgIpc) is 3.21. The average molecular weight is 513 g/mol. The largest absolute Gasteiger partial charge is 0.381 e. The second-order valence-corrected chi connectivity index (χ2v) is 7.68. The van der Waals surface area contributed by atoms with E-state index in [2.05, 4.69) is 29.0 Å². The predicted molar refractivity (Wildman–Crippen MR) is 150 cm³/mol. The van der Waals surface area contributed by atoms with Crippen molar-refractivity contribution in [3.63, 3.8) is 0 Å². The number of aromatic nitrogens is 3. The van der Waals surface area contributed by atoms with Crippen molar-refractivity contribution in [2.45, 2.75) is 57.9 Å². The topological polar surface area (TPSA) is 69.0 Å². The van der Waals surface area contributed by atoms with Crippen molar-refractivity contribution < 1.29 is 9.53 Å². The second-order valence-electron chi connectivity index (χ2n) is 6.30. The fourth-order valence-corrected chi connectivity index (χ4v) is 2.93. The summed E-state index contributed by atoms with van der Waals surface area (Å²) >= 11 is 7.55. The van der Waals surface area contributed by atoms with Crippen molar-refractivity contribution in [3.8, 4) is 0 Å². The normalized spacial score (nSPS) is 9.21. The van der Waals surface area contributed by atoms with Crippen LogP contribution < -0.4 is 5.32 Å². The zero-order chi connectivity index (χ0) is 26.6. The van der Waals surface area contributed by atoms with E-state index in [1.54, 1.807) is 18.9 Å². The molecule has 0 saturated heterocycles. The van der Waals surface area contributed by atoms with Crippen molar-refractivity contribution in [3.05, 3.63) is 65.5 Å². The molecule has 6 nitrogen and oxygen atoms in total. The standard InChI is InChI=1S/C13H14ClN3OS.C5H10O.C4H8.C2H7N.C2H6/c1-17-12(6-3-7-18)15-16-13(17)19-9-10-4-2-5-11(14)8-10;1-3-4-5-6-2;1-3-4-2;1-3-2;1-2/h2,4-5,7-8H,3,6,9H2,1H3;3-4H,5H2,1-2H3;3H,1,4H2,2H3;3H,1-2H3;1-2H3/b;4-3-;;;. The zero-order valence-corrected chi connectivity index (χ0v) is 23.9. The van der Waals surface area contributed by atoms with Gasteiger partial charge in [-0.3, -0.25) is 0 Å². The number of aldehydes is 1. The molecule has 0 aliphatic carbocycles. The van der Waals surface area contributed by atoms with Crippen LogP contribution >= 0.6 is 23.4 Å². The number of nitrogens with zero attached hydrogens (tertiary/aromatic N) is 3. The van der Waals surface area contributed by atoms with Gasteiger partial charge in [-0.05, 0) is 45.1 Å². The van der Waals surface area contributed by atoms with Crippen LogP contribution in [0.15, 0.2) is 54.2 Å². The molecular weight excluding hydrogens is 468 g/mol. The number of ether oxygens (including phenoxy) is 1. The Hall–Kier alpha value is -1.93. The van der Waals surface area contributed by atoms with E-state index < -0.39 is 0 Å². The summed E-state index contributed by atoms with van der Waals surface area (Å²) in [4.78, 5) is 10.4. The Kier molecular flexibility index (Phi) is 31.4. The number of hydrogen-bond donors (Lipinski definition) is 1. The van der Waals surface area contributed by atoms with Crippen LogP contribution in [0.5, 0.6) is 0 Å². The Bertz CT molecular complexity index is 752. The van der Waals surface area contributed by atoms with Gasteiger partial charge in [-0.25, -0.2) is 0 Å². The Morgan fingerprint density at radius 3 is 2.32 bits per heavy atom. The van der Waals surface area contributed by atoms with Crippen LogP contribution in [-0.2, 0) is 28.8 Å². The van der Waals surface area contributed by atoms with E-state index in [9.17, 15) is 4.79 Å². The van der Waals surface area contributed by atoms with Crippen LogP contribution in [-0.4, -0.2) is 48.9 Å². The van der Waals surface area contributed by atoms with E-state index in [-0.39, 0.29) is 0 Å². The van der Waals surface area contributed by atoms with Gasteiger partial charge in [0.05, 0.1) is 6.61 Å². The molecule has 1 heterocycles. The lowest BCUT2D eigenvalue weighted by Gasteiger charge is -2.03. The number of carbonyl (C=O) groups is 1. The van der Waals surface area contributed by atoms with Crippen molar-refractivity contribution >= 4 is 29.6 Å².